The van der Waals surface area contributed by atoms with Gasteiger partial charge >= 0.3 is 0 Å². The first-order chi connectivity index (χ1) is 34.8. The van der Waals surface area contributed by atoms with Gasteiger partial charge in [-0.15, -0.1) is 0 Å². The van der Waals surface area contributed by atoms with Gasteiger partial charge in [-0.3, -0.25) is 0 Å². The minimum Gasteiger partial charge on any atom is -0.309 e. The molecule has 14 rings (SSSR count). The van der Waals surface area contributed by atoms with Crippen molar-refractivity contribution >= 4 is 94.2 Å². The van der Waals surface area contributed by atoms with Gasteiger partial charge in [0.25, 0.3) is 0 Å². The van der Waals surface area contributed by atoms with Crippen molar-refractivity contribution in [1.29, 1.82) is 0 Å². The molecule has 0 spiro atoms. The van der Waals surface area contributed by atoms with E-state index in [9.17, 15) is 0 Å². The molecule has 0 aliphatic heterocycles. The van der Waals surface area contributed by atoms with Crippen molar-refractivity contribution < 1.29 is 0 Å². The highest BCUT2D eigenvalue weighted by atomic mass is 28.3. The molecule has 0 aliphatic rings. The molecule has 0 unspecified atom stereocenters. The van der Waals surface area contributed by atoms with Gasteiger partial charge in [0.05, 0.1) is 38.8 Å². The van der Waals surface area contributed by atoms with E-state index in [4.69, 9.17) is 0 Å². The second-order valence-electron chi connectivity index (χ2n) is 18.4. The molecular weight excluding hydrogens is 863 g/mol. The minimum absolute atomic E-state index is 1.14. The van der Waals surface area contributed by atoms with Crippen molar-refractivity contribution in [3.63, 3.8) is 0 Å². The van der Waals surface area contributed by atoms with Gasteiger partial charge < -0.3 is 13.7 Å². The van der Waals surface area contributed by atoms with Crippen molar-refractivity contribution in [2.24, 2.45) is 0 Å². The van der Waals surface area contributed by atoms with Gasteiger partial charge in [-0.25, -0.2) is 0 Å². The topological polar surface area (TPSA) is 14.8 Å². The smallest absolute Gasteiger partial charge is 0.179 e. The molecule has 0 aliphatic carbocycles. The summed E-state index contributed by atoms with van der Waals surface area (Å²) in [5.74, 6) is 0. The molecule has 11 aromatic carbocycles. The summed E-state index contributed by atoms with van der Waals surface area (Å²) in [4.78, 5) is 0. The van der Waals surface area contributed by atoms with Crippen LogP contribution in [-0.4, -0.2) is 21.8 Å². The Labute approximate surface area is 407 Å². The predicted molar refractivity (Wildman–Crippen MR) is 299 cm³/mol. The van der Waals surface area contributed by atoms with E-state index < -0.39 is 8.07 Å². The largest absolute Gasteiger partial charge is 0.309 e. The van der Waals surface area contributed by atoms with E-state index in [-0.39, 0.29) is 0 Å². The lowest BCUT2D eigenvalue weighted by molar-refractivity contribution is 1.17. The molecule has 0 saturated carbocycles. The van der Waals surface area contributed by atoms with Gasteiger partial charge in [0.2, 0.25) is 0 Å². The Balaban J connectivity index is 0.961. The van der Waals surface area contributed by atoms with E-state index in [1.54, 1.807) is 0 Å². The first-order valence-electron chi connectivity index (χ1n) is 24.2. The van der Waals surface area contributed by atoms with Crippen LogP contribution in [0.15, 0.2) is 273 Å². The van der Waals surface area contributed by atoms with Crippen LogP contribution in [0.4, 0.5) is 0 Å². The summed E-state index contributed by atoms with van der Waals surface area (Å²) >= 11 is 0. The van der Waals surface area contributed by atoms with Crippen LogP contribution in [0.5, 0.6) is 0 Å². The minimum atomic E-state index is -2.69. The molecule has 328 valence electrons. The van der Waals surface area contributed by atoms with Crippen molar-refractivity contribution in [2.45, 2.75) is 0 Å². The van der Waals surface area contributed by atoms with Gasteiger partial charge in [-0.1, -0.05) is 206 Å². The first kappa shape index (κ1) is 40.1. The molecule has 14 aromatic rings. The summed E-state index contributed by atoms with van der Waals surface area (Å²) in [6, 6.07) is 101. The molecule has 0 amide bonds. The number of fused-ring (bicyclic) bond motifs is 9. The Bertz CT molecular complexity index is 4170. The number of hydrogen-bond acceptors (Lipinski definition) is 0. The molecule has 3 nitrogen and oxygen atoms in total. The molecule has 3 heterocycles. The van der Waals surface area contributed by atoms with E-state index in [2.05, 4.69) is 287 Å². The summed E-state index contributed by atoms with van der Waals surface area (Å²) in [5.41, 5.74) is 13.0. The molecule has 3 aromatic heterocycles. The predicted octanol–water partition coefficient (Wildman–Crippen LogP) is 14.0. The van der Waals surface area contributed by atoms with Gasteiger partial charge in [-0.2, -0.15) is 0 Å². The van der Waals surface area contributed by atoms with Crippen molar-refractivity contribution in [3.05, 3.63) is 273 Å². The molecule has 0 saturated heterocycles. The van der Waals surface area contributed by atoms with Crippen LogP contribution >= 0.6 is 0 Å². The third-order valence-electron chi connectivity index (χ3n) is 14.8. The lowest BCUT2D eigenvalue weighted by atomic mass is 10.00. The number of benzene rings is 11. The summed E-state index contributed by atoms with van der Waals surface area (Å²) in [6.45, 7) is 0. The molecule has 0 radical (unpaired) electrons. The SMILES string of the molecule is c1ccc(-n2c3ccccc3c3cccc(-c4ccc5c(c4)c4ccccc4n5-c4cccc5c4c4ccccc4n5-c4ccc([Si](c5ccccc5)(c5ccccc5)c5ccccc5)cc4)c32)cc1. The normalized spacial score (nSPS) is 12.0. The Morgan fingerprint density at radius 1 is 0.257 bits per heavy atom. The van der Waals surface area contributed by atoms with Gasteiger partial charge in [0.15, 0.2) is 8.07 Å². The number of hydrogen-bond donors (Lipinski definition) is 0. The molecule has 4 heteroatoms. The first-order valence-corrected chi connectivity index (χ1v) is 26.2. The fraction of sp³-hybridized carbons (Fsp3) is 0. The van der Waals surface area contributed by atoms with E-state index in [0.717, 1.165) is 17.1 Å². The number of para-hydroxylation sites is 5. The Hall–Kier alpha value is -8.96. The molecular formula is C66H45N3Si. The average Bonchev–Trinajstić information content (AvgIpc) is 4.08. The fourth-order valence-corrected chi connectivity index (χ4v) is 16.6. The fourth-order valence-electron chi connectivity index (χ4n) is 11.9. The van der Waals surface area contributed by atoms with Crippen LogP contribution in [0, 0.1) is 0 Å². The second-order valence-corrected chi connectivity index (χ2v) is 22.2. The van der Waals surface area contributed by atoms with Crippen molar-refractivity contribution in [1.82, 2.24) is 13.7 Å². The second kappa shape index (κ2) is 16.1. The van der Waals surface area contributed by atoms with Crippen LogP contribution in [0.2, 0.25) is 0 Å². The number of nitrogens with zero attached hydrogens (tertiary/aromatic N) is 3. The van der Waals surface area contributed by atoms with E-state index >= 15 is 0 Å². The van der Waals surface area contributed by atoms with Gasteiger partial charge in [0.1, 0.15) is 0 Å². The molecule has 70 heavy (non-hydrogen) atoms. The quantitative estimate of drug-likeness (QED) is 0.107. The van der Waals surface area contributed by atoms with Crippen molar-refractivity contribution in [3.8, 4) is 28.2 Å². The zero-order valence-corrected chi connectivity index (χ0v) is 39.3. The van der Waals surface area contributed by atoms with Crippen LogP contribution in [0.25, 0.3) is 93.6 Å². The summed E-state index contributed by atoms with van der Waals surface area (Å²) in [5, 5.41) is 12.9. The number of rotatable bonds is 8. The standard InChI is InChI=1S/C66H45N3Si/c1-5-21-47(22-6-1)68-59-34-16-13-29-54(59)56-33-19-32-53(66(56)68)46-39-44-62-58(45-46)55-30-14-17-35-60(55)69(62)64-38-20-37-63-65(64)57-31-15-18-36-61(57)67(63)48-40-42-52(43-41-48)70(49-23-7-2-8-24-49,50-25-9-3-10-26-50)51-27-11-4-12-28-51/h1-45H. The lowest BCUT2D eigenvalue weighted by Gasteiger charge is -2.34. The van der Waals surface area contributed by atoms with Crippen LogP contribution in [-0.2, 0) is 0 Å². The highest BCUT2D eigenvalue weighted by molar-refractivity contribution is 7.19. The Morgan fingerprint density at radius 3 is 1.33 bits per heavy atom. The maximum Gasteiger partial charge on any atom is 0.179 e. The summed E-state index contributed by atoms with van der Waals surface area (Å²) < 4.78 is 7.40. The maximum absolute atomic E-state index is 2.69. The highest BCUT2D eigenvalue weighted by Crippen LogP contribution is 2.43. The molecule has 0 fully saturated rings. The average molecular weight is 908 g/mol. The highest BCUT2D eigenvalue weighted by Gasteiger charge is 2.41. The van der Waals surface area contributed by atoms with Crippen LogP contribution < -0.4 is 20.7 Å². The number of aromatic nitrogens is 3. The van der Waals surface area contributed by atoms with E-state index in [1.165, 1.54) is 97.3 Å². The van der Waals surface area contributed by atoms with Crippen molar-refractivity contribution in [2.75, 3.05) is 0 Å². The lowest BCUT2D eigenvalue weighted by Crippen LogP contribution is -2.74. The zero-order chi connectivity index (χ0) is 46.2. The Kier molecular flexibility index (Phi) is 9.23. The summed E-state index contributed by atoms with van der Waals surface area (Å²) in [7, 11) is -2.69. The third kappa shape index (κ3) is 5.94. The van der Waals surface area contributed by atoms with Gasteiger partial charge in [0, 0.05) is 49.3 Å². The summed E-state index contributed by atoms with van der Waals surface area (Å²) in [6.07, 6.45) is 0. The monoisotopic (exact) mass is 907 g/mol. The molecule has 0 atom stereocenters. The molecule has 0 bridgehead atoms. The maximum atomic E-state index is 2.50. The zero-order valence-electron chi connectivity index (χ0n) is 38.3. The van der Waals surface area contributed by atoms with Gasteiger partial charge in [-0.05, 0) is 93.0 Å². The van der Waals surface area contributed by atoms with E-state index in [1.807, 2.05) is 0 Å². The third-order valence-corrected chi connectivity index (χ3v) is 19.6. The Morgan fingerprint density at radius 2 is 0.700 bits per heavy atom. The van der Waals surface area contributed by atoms with Crippen LogP contribution in [0.1, 0.15) is 0 Å². The van der Waals surface area contributed by atoms with Crippen LogP contribution in [0.3, 0.4) is 0 Å². The van der Waals surface area contributed by atoms with E-state index in [0.29, 0.717) is 0 Å². The molecule has 0 N–H and O–H groups in total.